The number of carbonyl (C=O) groups is 1. The van der Waals surface area contributed by atoms with Gasteiger partial charge < -0.3 is 16.0 Å². The van der Waals surface area contributed by atoms with Crippen LogP contribution in [-0.4, -0.2) is 25.0 Å². The third-order valence-electron chi connectivity index (χ3n) is 4.08. The Bertz CT molecular complexity index is 506. The zero-order valence-electron chi connectivity index (χ0n) is 12.1. The minimum Gasteiger partial charge on any atom is -0.397 e. The first-order valence-corrected chi connectivity index (χ1v) is 7.63. The number of nitrogens with zero attached hydrogens (tertiary/aromatic N) is 1. The van der Waals surface area contributed by atoms with Gasteiger partial charge in [0.2, 0.25) is 0 Å². The molecule has 108 valence electrons. The number of rotatable bonds is 6. The highest BCUT2D eigenvalue weighted by Gasteiger charge is 2.34. The molecular weight excluding hydrogens is 250 g/mol. The molecule has 1 amide bonds. The van der Waals surface area contributed by atoms with Crippen molar-refractivity contribution in [3.8, 4) is 0 Å². The van der Waals surface area contributed by atoms with Crippen LogP contribution >= 0.6 is 0 Å². The number of anilines is 2. The van der Waals surface area contributed by atoms with E-state index in [2.05, 4.69) is 10.2 Å². The highest BCUT2D eigenvalue weighted by Crippen LogP contribution is 2.39. The van der Waals surface area contributed by atoms with Crippen LogP contribution < -0.4 is 16.0 Å². The molecule has 0 atom stereocenters. The van der Waals surface area contributed by atoms with E-state index in [4.69, 9.17) is 5.73 Å². The molecule has 0 bridgehead atoms. The molecule has 1 aromatic carbocycles. The highest BCUT2D eigenvalue weighted by molar-refractivity contribution is 5.96. The third-order valence-corrected chi connectivity index (χ3v) is 4.08. The predicted molar refractivity (Wildman–Crippen MR) is 82.0 cm³/mol. The normalized spacial score (nSPS) is 17.9. The largest absolute Gasteiger partial charge is 0.397 e. The average molecular weight is 273 g/mol. The topological polar surface area (TPSA) is 58.4 Å². The molecule has 0 unspecified atom stereocenters. The monoisotopic (exact) mass is 273 g/mol. The van der Waals surface area contributed by atoms with E-state index in [1.54, 1.807) is 0 Å². The number of benzene rings is 1. The predicted octanol–water partition coefficient (Wildman–Crippen LogP) is 2.40. The van der Waals surface area contributed by atoms with Crippen molar-refractivity contribution in [3.63, 3.8) is 0 Å². The van der Waals surface area contributed by atoms with Gasteiger partial charge in [-0.15, -0.1) is 0 Å². The molecule has 0 aliphatic heterocycles. The SMILES string of the molecule is CCNC(=O)c1ccc(N)c(N(CC2CC2)C2CC2)c1. The fourth-order valence-corrected chi connectivity index (χ4v) is 2.61. The molecule has 3 N–H and O–H groups in total. The van der Waals surface area contributed by atoms with Crippen LogP contribution in [-0.2, 0) is 0 Å². The van der Waals surface area contributed by atoms with Gasteiger partial charge in [0.1, 0.15) is 0 Å². The molecule has 4 nitrogen and oxygen atoms in total. The summed E-state index contributed by atoms with van der Waals surface area (Å²) in [4.78, 5) is 14.4. The molecule has 0 radical (unpaired) electrons. The van der Waals surface area contributed by atoms with Gasteiger partial charge in [-0.3, -0.25) is 4.79 Å². The van der Waals surface area contributed by atoms with Gasteiger partial charge in [-0.25, -0.2) is 0 Å². The summed E-state index contributed by atoms with van der Waals surface area (Å²) in [5.74, 6) is 0.805. The van der Waals surface area contributed by atoms with E-state index in [1.807, 2.05) is 25.1 Å². The van der Waals surface area contributed by atoms with Crippen molar-refractivity contribution >= 4 is 17.3 Å². The van der Waals surface area contributed by atoms with Gasteiger partial charge in [-0.05, 0) is 56.7 Å². The number of nitrogens with two attached hydrogens (primary N) is 1. The molecular formula is C16H23N3O. The van der Waals surface area contributed by atoms with E-state index in [0.717, 1.165) is 23.8 Å². The molecule has 3 rings (SSSR count). The van der Waals surface area contributed by atoms with E-state index in [9.17, 15) is 4.79 Å². The molecule has 20 heavy (non-hydrogen) atoms. The molecule has 1 aromatic rings. The zero-order chi connectivity index (χ0) is 14.1. The summed E-state index contributed by atoms with van der Waals surface area (Å²) < 4.78 is 0. The maximum atomic E-state index is 12.0. The van der Waals surface area contributed by atoms with Crippen LogP contribution in [0.5, 0.6) is 0 Å². The Morgan fingerprint density at radius 3 is 2.70 bits per heavy atom. The summed E-state index contributed by atoms with van der Waals surface area (Å²) in [5, 5.41) is 2.85. The van der Waals surface area contributed by atoms with E-state index < -0.39 is 0 Å². The van der Waals surface area contributed by atoms with Crippen LogP contribution in [0.3, 0.4) is 0 Å². The van der Waals surface area contributed by atoms with Gasteiger partial charge in [-0.1, -0.05) is 0 Å². The first kappa shape index (κ1) is 13.3. The molecule has 0 heterocycles. The smallest absolute Gasteiger partial charge is 0.251 e. The second-order valence-electron chi connectivity index (χ2n) is 5.96. The van der Waals surface area contributed by atoms with Crippen LogP contribution in [0, 0.1) is 5.92 Å². The minimum absolute atomic E-state index is 0.0177. The van der Waals surface area contributed by atoms with Crippen molar-refractivity contribution in [1.29, 1.82) is 0 Å². The first-order chi connectivity index (χ1) is 9.69. The van der Waals surface area contributed by atoms with Gasteiger partial charge >= 0.3 is 0 Å². The number of amides is 1. The molecule has 0 saturated heterocycles. The van der Waals surface area contributed by atoms with Crippen molar-refractivity contribution in [3.05, 3.63) is 23.8 Å². The Morgan fingerprint density at radius 2 is 2.10 bits per heavy atom. The Kier molecular flexibility index (Phi) is 3.55. The fourth-order valence-electron chi connectivity index (χ4n) is 2.61. The van der Waals surface area contributed by atoms with Gasteiger partial charge in [0.05, 0.1) is 11.4 Å². The lowest BCUT2D eigenvalue weighted by Crippen LogP contribution is -2.29. The van der Waals surface area contributed by atoms with Crippen LogP contribution in [0.2, 0.25) is 0 Å². The Morgan fingerprint density at radius 1 is 1.35 bits per heavy atom. The molecule has 0 spiro atoms. The summed E-state index contributed by atoms with van der Waals surface area (Å²) in [6, 6.07) is 6.26. The second kappa shape index (κ2) is 5.35. The summed E-state index contributed by atoms with van der Waals surface area (Å²) in [5.41, 5.74) is 8.69. The summed E-state index contributed by atoms with van der Waals surface area (Å²) in [7, 11) is 0. The fraction of sp³-hybridized carbons (Fsp3) is 0.562. The van der Waals surface area contributed by atoms with Gasteiger partial charge in [-0.2, -0.15) is 0 Å². The lowest BCUT2D eigenvalue weighted by molar-refractivity contribution is 0.0956. The van der Waals surface area contributed by atoms with Crippen LogP contribution in [0.25, 0.3) is 0 Å². The number of carbonyl (C=O) groups excluding carboxylic acids is 1. The molecule has 2 aliphatic rings. The molecule has 2 aliphatic carbocycles. The zero-order valence-corrected chi connectivity index (χ0v) is 12.1. The number of nitrogen functional groups attached to an aromatic ring is 1. The molecule has 0 aromatic heterocycles. The average Bonchev–Trinajstić information content (AvgIpc) is 3.30. The summed E-state index contributed by atoms with van der Waals surface area (Å²) in [6.45, 7) is 3.67. The van der Waals surface area contributed by atoms with E-state index in [-0.39, 0.29) is 5.91 Å². The van der Waals surface area contributed by atoms with E-state index >= 15 is 0 Å². The van der Waals surface area contributed by atoms with Gasteiger partial charge in [0.25, 0.3) is 5.91 Å². The first-order valence-electron chi connectivity index (χ1n) is 7.63. The standard InChI is InChI=1S/C16H23N3O/c1-2-18-16(20)12-5-8-14(17)15(9-12)19(13-6-7-13)10-11-3-4-11/h5,8-9,11,13H,2-4,6-7,10,17H2,1H3,(H,18,20). The van der Waals surface area contributed by atoms with Crippen LogP contribution in [0.4, 0.5) is 11.4 Å². The quantitative estimate of drug-likeness (QED) is 0.782. The maximum Gasteiger partial charge on any atom is 0.251 e. The van der Waals surface area contributed by atoms with E-state index in [1.165, 1.54) is 25.7 Å². The summed E-state index contributed by atoms with van der Waals surface area (Å²) in [6.07, 6.45) is 5.16. The minimum atomic E-state index is -0.0177. The van der Waals surface area contributed by atoms with Crippen molar-refractivity contribution < 1.29 is 4.79 Å². The van der Waals surface area contributed by atoms with Crippen LogP contribution in [0.1, 0.15) is 43.0 Å². The highest BCUT2D eigenvalue weighted by atomic mass is 16.1. The second-order valence-corrected chi connectivity index (χ2v) is 5.96. The molecule has 2 saturated carbocycles. The lowest BCUT2D eigenvalue weighted by Gasteiger charge is -2.26. The number of hydrogen-bond donors (Lipinski definition) is 2. The van der Waals surface area contributed by atoms with Crippen molar-refractivity contribution in [2.24, 2.45) is 5.92 Å². The number of hydrogen-bond acceptors (Lipinski definition) is 3. The number of nitrogens with one attached hydrogen (secondary N) is 1. The molecule has 4 heteroatoms. The molecule has 2 fully saturated rings. The van der Waals surface area contributed by atoms with E-state index in [0.29, 0.717) is 18.2 Å². The Balaban J connectivity index is 1.85. The Labute approximate surface area is 120 Å². The van der Waals surface area contributed by atoms with Crippen molar-refractivity contribution in [2.45, 2.75) is 38.6 Å². The van der Waals surface area contributed by atoms with Crippen LogP contribution in [0.15, 0.2) is 18.2 Å². The summed E-state index contributed by atoms with van der Waals surface area (Å²) >= 11 is 0. The third kappa shape index (κ3) is 2.89. The van der Waals surface area contributed by atoms with Gasteiger partial charge in [0, 0.05) is 24.7 Å². The van der Waals surface area contributed by atoms with Crippen molar-refractivity contribution in [1.82, 2.24) is 5.32 Å². The van der Waals surface area contributed by atoms with Crippen molar-refractivity contribution in [2.75, 3.05) is 23.7 Å². The van der Waals surface area contributed by atoms with Gasteiger partial charge in [0.15, 0.2) is 0 Å². The Hall–Kier alpha value is -1.71. The lowest BCUT2D eigenvalue weighted by atomic mass is 10.1. The maximum absolute atomic E-state index is 12.0.